The van der Waals surface area contributed by atoms with E-state index >= 15 is 0 Å². The van der Waals surface area contributed by atoms with Crippen molar-refractivity contribution in [2.75, 3.05) is 27.2 Å². The number of hydrogen-bond donors (Lipinski definition) is 2. The van der Waals surface area contributed by atoms with E-state index in [0.717, 1.165) is 31.5 Å². The summed E-state index contributed by atoms with van der Waals surface area (Å²) in [6, 6.07) is 7.09. The molecule has 1 atom stereocenters. The van der Waals surface area contributed by atoms with Crippen molar-refractivity contribution in [3.05, 3.63) is 29.8 Å². The van der Waals surface area contributed by atoms with Crippen molar-refractivity contribution in [1.29, 1.82) is 0 Å². The lowest BCUT2D eigenvalue weighted by atomic mass is 10.1. The summed E-state index contributed by atoms with van der Waals surface area (Å²) in [5.41, 5.74) is 1.10. The first-order chi connectivity index (χ1) is 9.47. The first kappa shape index (κ1) is 18.4. The molecule has 1 heterocycles. The zero-order valence-corrected chi connectivity index (χ0v) is 14.1. The van der Waals surface area contributed by atoms with Gasteiger partial charge in [0.1, 0.15) is 0 Å². The maximum Gasteiger partial charge on any atom is 0.240 e. The van der Waals surface area contributed by atoms with Gasteiger partial charge in [0.05, 0.1) is 4.90 Å². The van der Waals surface area contributed by atoms with Crippen LogP contribution in [0.25, 0.3) is 0 Å². The summed E-state index contributed by atoms with van der Waals surface area (Å²) < 4.78 is 27.3. The van der Waals surface area contributed by atoms with Crippen LogP contribution in [0.5, 0.6) is 0 Å². The van der Waals surface area contributed by atoms with Crippen molar-refractivity contribution in [3.63, 3.8) is 0 Å². The number of hydrogen-bond acceptors (Lipinski definition) is 4. The first-order valence-electron chi connectivity index (χ1n) is 6.94. The summed E-state index contributed by atoms with van der Waals surface area (Å²) in [5.74, 6) is 0. The van der Waals surface area contributed by atoms with Gasteiger partial charge in [-0.3, -0.25) is 0 Å². The van der Waals surface area contributed by atoms with E-state index < -0.39 is 10.0 Å². The van der Waals surface area contributed by atoms with Crippen molar-refractivity contribution in [2.45, 2.75) is 30.3 Å². The average molecular weight is 334 g/mol. The molecule has 120 valence electrons. The van der Waals surface area contributed by atoms with Crippen LogP contribution in [0.15, 0.2) is 29.2 Å². The number of sulfonamides is 1. The Bertz CT molecular complexity index is 526. The molecule has 1 aliphatic rings. The summed E-state index contributed by atoms with van der Waals surface area (Å²) in [6.45, 7) is 2.48. The molecule has 0 aromatic heterocycles. The molecule has 1 aliphatic heterocycles. The maximum absolute atomic E-state index is 12.3. The SMILES string of the molecule is CN(C)Cc1ccc(S(=O)(=O)NC2CCCNC2)cc1.Cl. The second kappa shape index (κ2) is 8.10. The number of nitrogens with one attached hydrogen (secondary N) is 2. The molecule has 0 amide bonds. The normalized spacial score (nSPS) is 19.3. The number of piperidine rings is 1. The molecule has 21 heavy (non-hydrogen) atoms. The molecule has 1 aromatic carbocycles. The van der Waals surface area contributed by atoms with Gasteiger partial charge in [-0.2, -0.15) is 0 Å². The highest BCUT2D eigenvalue weighted by Gasteiger charge is 2.21. The van der Waals surface area contributed by atoms with Gasteiger partial charge in [-0.1, -0.05) is 12.1 Å². The van der Waals surface area contributed by atoms with Gasteiger partial charge in [0.2, 0.25) is 10.0 Å². The van der Waals surface area contributed by atoms with Crippen molar-refractivity contribution in [1.82, 2.24) is 14.9 Å². The van der Waals surface area contributed by atoms with E-state index in [4.69, 9.17) is 0 Å². The van der Waals surface area contributed by atoms with E-state index in [1.165, 1.54) is 0 Å². The lowest BCUT2D eigenvalue weighted by Gasteiger charge is -2.23. The number of benzene rings is 1. The smallest absolute Gasteiger partial charge is 0.240 e. The largest absolute Gasteiger partial charge is 0.315 e. The van der Waals surface area contributed by atoms with E-state index in [2.05, 4.69) is 14.9 Å². The van der Waals surface area contributed by atoms with Crippen LogP contribution in [0.2, 0.25) is 0 Å². The molecule has 0 aliphatic carbocycles. The molecule has 5 nitrogen and oxygen atoms in total. The monoisotopic (exact) mass is 333 g/mol. The Labute approximate surface area is 133 Å². The fourth-order valence-corrected chi connectivity index (χ4v) is 3.65. The molecule has 2 N–H and O–H groups in total. The van der Waals surface area contributed by atoms with Crippen molar-refractivity contribution in [2.24, 2.45) is 0 Å². The average Bonchev–Trinajstić information content (AvgIpc) is 2.39. The standard InChI is InChI=1S/C14H23N3O2S.ClH/c1-17(2)11-12-5-7-14(8-6-12)20(18,19)16-13-4-3-9-15-10-13;/h5-8,13,15-16H,3-4,9-11H2,1-2H3;1H. The topological polar surface area (TPSA) is 61.4 Å². The van der Waals surface area contributed by atoms with Crippen LogP contribution < -0.4 is 10.0 Å². The van der Waals surface area contributed by atoms with Crippen LogP contribution in [-0.4, -0.2) is 46.5 Å². The van der Waals surface area contributed by atoms with Crippen LogP contribution in [-0.2, 0) is 16.6 Å². The molecular weight excluding hydrogens is 310 g/mol. The van der Waals surface area contributed by atoms with Crippen LogP contribution in [0.3, 0.4) is 0 Å². The second-order valence-corrected chi connectivity index (χ2v) is 7.26. The third kappa shape index (κ3) is 5.56. The Morgan fingerprint density at radius 1 is 1.29 bits per heavy atom. The molecule has 2 rings (SSSR count). The molecule has 1 fully saturated rings. The highest BCUT2D eigenvalue weighted by atomic mass is 35.5. The van der Waals surface area contributed by atoms with E-state index in [-0.39, 0.29) is 18.4 Å². The summed E-state index contributed by atoms with van der Waals surface area (Å²) in [4.78, 5) is 2.39. The quantitative estimate of drug-likeness (QED) is 0.850. The Morgan fingerprint density at radius 3 is 2.48 bits per heavy atom. The molecule has 7 heteroatoms. The van der Waals surface area contributed by atoms with Gasteiger partial charge in [0.25, 0.3) is 0 Å². The summed E-state index contributed by atoms with van der Waals surface area (Å²) in [7, 11) is 0.568. The van der Waals surface area contributed by atoms with Crippen molar-refractivity contribution < 1.29 is 8.42 Å². The third-order valence-electron chi connectivity index (χ3n) is 3.35. The lowest BCUT2D eigenvalue weighted by Crippen LogP contribution is -2.45. The predicted molar refractivity (Wildman–Crippen MR) is 87.3 cm³/mol. The van der Waals surface area contributed by atoms with Crippen molar-refractivity contribution >= 4 is 22.4 Å². The Balaban J connectivity index is 0.00000220. The van der Waals surface area contributed by atoms with E-state index in [1.54, 1.807) is 12.1 Å². The highest BCUT2D eigenvalue weighted by molar-refractivity contribution is 7.89. The Morgan fingerprint density at radius 2 is 1.95 bits per heavy atom. The first-order valence-corrected chi connectivity index (χ1v) is 8.42. The molecule has 0 bridgehead atoms. The fraction of sp³-hybridized carbons (Fsp3) is 0.571. The minimum Gasteiger partial charge on any atom is -0.315 e. The second-order valence-electron chi connectivity index (χ2n) is 5.55. The van der Waals surface area contributed by atoms with Crippen LogP contribution in [0, 0.1) is 0 Å². The zero-order valence-electron chi connectivity index (χ0n) is 12.5. The fourth-order valence-electron chi connectivity index (χ4n) is 2.38. The lowest BCUT2D eigenvalue weighted by molar-refractivity contribution is 0.402. The third-order valence-corrected chi connectivity index (χ3v) is 4.89. The van der Waals surface area contributed by atoms with E-state index in [0.29, 0.717) is 11.4 Å². The van der Waals surface area contributed by atoms with Crippen LogP contribution in [0.4, 0.5) is 0 Å². The minimum atomic E-state index is -3.41. The molecule has 1 aromatic rings. The summed E-state index contributed by atoms with van der Waals surface area (Å²) >= 11 is 0. The Kier molecular flexibility index (Phi) is 7.09. The maximum atomic E-state index is 12.3. The molecule has 1 saturated heterocycles. The molecule has 0 spiro atoms. The predicted octanol–water partition coefficient (Wildman–Crippen LogP) is 1.20. The van der Waals surface area contributed by atoms with Gasteiger partial charge < -0.3 is 10.2 Å². The van der Waals surface area contributed by atoms with Gasteiger partial charge in [0.15, 0.2) is 0 Å². The van der Waals surface area contributed by atoms with Gasteiger partial charge in [-0.15, -0.1) is 12.4 Å². The Hall–Kier alpha value is -0.660. The van der Waals surface area contributed by atoms with Gasteiger partial charge in [-0.25, -0.2) is 13.1 Å². The number of halogens is 1. The molecule has 0 radical (unpaired) electrons. The summed E-state index contributed by atoms with van der Waals surface area (Å²) in [5, 5.41) is 3.21. The van der Waals surface area contributed by atoms with Crippen LogP contribution >= 0.6 is 12.4 Å². The molecular formula is C14H24ClN3O2S. The molecule has 1 unspecified atom stereocenters. The van der Waals surface area contributed by atoms with Gasteiger partial charge >= 0.3 is 0 Å². The highest BCUT2D eigenvalue weighted by Crippen LogP contribution is 2.13. The van der Waals surface area contributed by atoms with E-state index in [1.807, 2.05) is 26.2 Å². The van der Waals surface area contributed by atoms with Gasteiger partial charge in [0, 0.05) is 19.1 Å². The van der Waals surface area contributed by atoms with Crippen molar-refractivity contribution in [3.8, 4) is 0 Å². The number of rotatable bonds is 5. The van der Waals surface area contributed by atoms with Gasteiger partial charge in [-0.05, 0) is 51.2 Å². The number of nitrogens with zero attached hydrogens (tertiary/aromatic N) is 1. The molecule has 0 saturated carbocycles. The van der Waals surface area contributed by atoms with Crippen LogP contribution in [0.1, 0.15) is 18.4 Å². The zero-order chi connectivity index (χ0) is 14.6. The van der Waals surface area contributed by atoms with E-state index in [9.17, 15) is 8.42 Å². The minimum absolute atomic E-state index is 0. The summed E-state index contributed by atoms with van der Waals surface area (Å²) in [6.07, 6.45) is 1.90.